The van der Waals surface area contributed by atoms with Gasteiger partial charge in [-0.05, 0) is 31.2 Å². The van der Waals surface area contributed by atoms with E-state index in [1.807, 2.05) is 0 Å². The van der Waals surface area contributed by atoms with Crippen LogP contribution in [0.1, 0.15) is 6.92 Å². The fourth-order valence-corrected chi connectivity index (χ4v) is 2.66. The maximum Gasteiger partial charge on any atom is 0.238 e. The highest BCUT2D eigenvalue weighted by Gasteiger charge is 2.25. The maximum absolute atomic E-state index is 11.3. The Balaban J connectivity index is 2.74. The minimum Gasteiger partial charge on any atom is -0.368 e. The molecule has 100 valence electrons. The lowest BCUT2D eigenvalue weighted by molar-refractivity contribution is -0.121. The van der Waals surface area contributed by atoms with Gasteiger partial charge in [0.1, 0.15) is 5.54 Å². The van der Waals surface area contributed by atoms with Crippen LogP contribution < -0.4 is 11.5 Å². The lowest BCUT2D eigenvalue weighted by atomic mass is 10.1. The number of primary amides is 1. The average molecular weight is 288 g/mol. The molecular formula is C11H16N2O3S2. The molecule has 1 rings (SSSR count). The van der Waals surface area contributed by atoms with Gasteiger partial charge in [0.25, 0.3) is 0 Å². The van der Waals surface area contributed by atoms with Crippen LogP contribution in [0, 0.1) is 0 Å². The summed E-state index contributed by atoms with van der Waals surface area (Å²) in [6.07, 6.45) is 1.15. The summed E-state index contributed by atoms with van der Waals surface area (Å²) in [4.78, 5) is 12.1. The van der Waals surface area contributed by atoms with Crippen LogP contribution in [-0.2, 0) is 14.6 Å². The Labute approximate surface area is 111 Å². The molecule has 1 unspecified atom stereocenters. The Morgan fingerprint density at radius 2 is 1.83 bits per heavy atom. The largest absolute Gasteiger partial charge is 0.368 e. The van der Waals surface area contributed by atoms with Crippen molar-refractivity contribution in [3.8, 4) is 0 Å². The van der Waals surface area contributed by atoms with Crippen molar-refractivity contribution in [2.45, 2.75) is 22.3 Å². The first-order chi connectivity index (χ1) is 8.13. The van der Waals surface area contributed by atoms with Crippen molar-refractivity contribution in [3.63, 3.8) is 0 Å². The molecule has 0 aliphatic carbocycles. The normalized spacial score (nSPS) is 15.1. The topological polar surface area (TPSA) is 103 Å². The number of hydrogen-bond acceptors (Lipinski definition) is 5. The van der Waals surface area contributed by atoms with Gasteiger partial charge in [-0.25, -0.2) is 8.42 Å². The smallest absolute Gasteiger partial charge is 0.238 e. The van der Waals surface area contributed by atoms with Gasteiger partial charge in [0, 0.05) is 16.9 Å². The third-order valence-corrected chi connectivity index (χ3v) is 4.83. The van der Waals surface area contributed by atoms with E-state index in [2.05, 4.69) is 0 Å². The quantitative estimate of drug-likeness (QED) is 0.763. The number of nitrogens with two attached hydrogens (primary N) is 2. The van der Waals surface area contributed by atoms with E-state index in [4.69, 9.17) is 11.5 Å². The summed E-state index contributed by atoms with van der Waals surface area (Å²) in [7, 11) is -3.18. The first-order valence-corrected chi connectivity index (χ1v) is 8.02. The van der Waals surface area contributed by atoms with Crippen LogP contribution in [0.3, 0.4) is 0 Å². The van der Waals surface area contributed by atoms with E-state index < -0.39 is 21.3 Å². The molecule has 1 aromatic carbocycles. The van der Waals surface area contributed by atoms with Crippen LogP contribution in [0.2, 0.25) is 0 Å². The van der Waals surface area contributed by atoms with Gasteiger partial charge in [-0.2, -0.15) is 0 Å². The Bertz CT molecular complexity index is 536. The monoisotopic (exact) mass is 288 g/mol. The predicted octanol–water partition coefficient (Wildman–Crippen LogP) is 0.385. The zero-order valence-corrected chi connectivity index (χ0v) is 11.8. The Hall–Kier alpha value is -1.05. The summed E-state index contributed by atoms with van der Waals surface area (Å²) in [6.45, 7) is 1.56. The molecule has 7 heteroatoms. The summed E-state index contributed by atoms with van der Waals surface area (Å²) >= 11 is 1.35. The second kappa shape index (κ2) is 5.29. The molecule has 4 N–H and O–H groups in total. The van der Waals surface area contributed by atoms with Crippen molar-refractivity contribution in [1.29, 1.82) is 0 Å². The van der Waals surface area contributed by atoms with Crippen molar-refractivity contribution in [1.82, 2.24) is 0 Å². The molecule has 18 heavy (non-hydrogen) atoms. The Morgan fingerprint density at radius 3 is 2.22 bits per heavy atom. The van der Waals surface area contributed by atoms with E-state index in [-0.39, 0.29) is 4.90 Å². The van der Waals surface area contributed by atoms with Gasteiger partial charge in [-0.1, -0.05) is 0 Å². The average Bonchev–Trinajstić information content (AvgIpc) is 2.25. The molecule has 0 spiro atoms. The molecule has 0 fully saturated rings. The molecule has 0 aliphatic rings. The minimum absolute atomic E-state index is 0.261. The van der Waals surface area contributed by atoms with Crippen LogP contribution in [0.25, 0.3) is 0 Å². The fraction of sp³-hybridized carbons (Fsp3) is 0.364. The van der Waals surface area contributed by atoms with Crippen molar-refractivity contribution >= 4 is 27.5 Å². The standard InChI is InChI=1S/C11H16N2O3S2/c1-11(13,10(12)14)7-17-8-3-5-9(6-4-8)18(2,15)16/h3-6H,7,13H2,1-2H3,(H2,12,14). The van der Waals surface area contributed by atoms with E-state index in [9.17, 15) is 13.2 Å². The second-order valence-electron chi connectivity index (χ2n) is 4.31. The van der Waals surface area contributed by atoms with Gasteiger partial charge in [-0.15, -0.1) is 11.8 Å². The highest BCUT2D eigenvalue weighted by Crippen LogP contribution is 2.23. The Morgan fingerprint density at radius 1 is 1.33 bits per heavy atom. The van der Waals surface area contributed by atoms with E-state index >= 15 is 0 Å². The molecule has 1 atom stereocenters. The molecule has 0 saturated carbocycles. The summed E-state index contributed by atoms with van der Waals surface area (Å²) in [5.41, 5.74) is 9.79. The number of sulfone groups is 1. The van der Waals surface area contributed by atoms with Gasteiger partial charge in [0.15, 0.2) is 9.84 Å². The van der Waals surface area contributed by atoms with E-state index in [1.165, 1.54) is 23.9 Å². The first-order valence-electron chi connectivity index (χ1n) is 5.14. The van der Waals surface area contributed by atoms with Gasteiger partial charge < -0.3 is 11.5 Å². The summed E-state index contributed by atoms with van der Waals surface area (Å²) in [5, 5.41) is 0. The molecule has 0 radical (unpaired) electrons. The molecule has 1 aromatic rings. The number of benzene rings is 1. The lowest BCUT2D eigenvalue weighted by Crippen LogP contribution is -2.51. The molecule has 0 heterocycles. The van der Waals surface area contributed by atoms with Crippen molar-refractivity contribution in [3.05, 3.63) is 24.3 Å². The summed E-state index contributed by atoms with van der Waals surface area (Å²) in [6, 6.07) is 6.40. The molecule has 0 aliphatic heterocycles. The van der Waals surface area contributed by atoms with Crippen LogP contribution in [0.4, 0.5) is 0 Å². The fourth-order valence-electron chi connectivity index (χ4n) is 1.09. The second-order valence-corrected chi connectivity index (χ2v) is 7.38. The molecular weight excluding hydrogens is 272 g/mol. The summed E-state index contributed by atoms with van der Waals surface area (Å²) in [5.74, 6) is -0.233. The van der Waals surface area contributed by atoms with Gasteiger partial charge in [0.05, 0.1) is 4.90 Å². The molecule has 0 saturated heterocycles. The number of carbonyl (C=O) groups is 1. The first kappa shape index (κ1) is 15.0. The van der Waals surface area contributed by atoms with E-state index in [0.29, 0.717) is 5.75 Å². The SMILES string of the molecule is CC(N)(CSc1ccc(S(C)(=O)=O)cc1)C(N)=O. The van der Waals surface area contributed by atoms with Gasteiger partial charge >= 0.3 is 0 Å². The van der Waals surface area contributed by atoms with E-state index in [0.717, 1.165) is 11.2 Å². The van der Waals surface area contributed by atoms with Crippen LogP contribution >= 0.6 is 11.8 Å². The number of thioether (sulfide) groups is 1. The number of hydrogen-bond donors (Lipinski definition) is 2. The molecule has 5 nitrogen and oxygen atoms in total. The van der Waals surface area contributed by atoms with Crippen molar-refractivity contribution in [2.24, 2.45) is 11.5 Å². The van der Waals surface area contributed by atoms with Crippen molar-refractivity contribution in [2.75, 3.05) is 12.0 Å². The molecule has 0 bridgehead atoms. The van der Waals surface area contributed by atoms with Crippen LogP contribution in [0.15, 0.2) is 34.1 Å². The Kier molecular flexibility index (Phi) is 4.41. The van der Waals surface area contributed by atoms with Crippen LogP contribution in [0.5, 0.6) is 0 Å². The number of amides is 1. The zero-order valence-electron chi connectivity index (χ0n) is 10.2. The highest BCUT2D eigenvalue weighted by atomic mass is 32.2. The number of rotatable bonds is 5. The minimum atomic E-state index is -3.18. The van der Waals surface area contributed by atoms with E-state index in [1.54, 1.807) is 19.1 Å². The third-order valence-electron chi connectivity index (χ3n) is 2.35. The van der Waals surface area contributed by atoms with Gasteiger partial charge in [0.2, 0.25) is 5.91 Å². The zero-order chi connectivity index (χ0) is 14.0. The molecule has 1 amide bonds. The summed E-state index contributed by atoms with van der Waals surface area (Å²) < 4.78 is 22.5. The number of carbonyl (C=O) groups excluding carboxylic acids is 1. The maximum atomic E-state index is 11.3. The highest BCUT2D eigenvalue weighted by molar-refractivity contribution is 7.99. The van der Waals surface area contributed by atoms with Crippen molar-refractivity contribution < 1.29 is 13.2 Å². The predicted molar refractivity (Wildman–Crippen MR) is 72.1 cm³/mol. The van der Waals surface area contributed by atoms with Gasteiger partial charge in [-0.3, -0.25) is 4.79 Å². The molecule has 0 aromatic heterocycles. The van der Waals surface area contributed by atoms with Crippen LogP contribution in [-0.4, -0.2) is 31.9 Å². The lowest BCUT2D eigenvalue weighted by Gasteiger charge is -2.19. The third kappa shape index (κ3) is 4.01.